The second kappa shape index (κ2) is 9.17. The minimum absolute atomic E-state index is 0.102. The Kier molecular flexibility index (Phi) is 6.95. The SMILES string of the molecule is CCN(CC)c1ccc(NC(=O)CCNc2c(F)cccc2F)c(C)c1. The first kappa shape index (κ1) is 19.7. The molecule has 0 bridgehead atoms. The standard InChI is InChI=1S/C20H25F2N3O/c1-4-25(5-2)15-9-10-18(14(3)13-15)24-19(26)11-12-23-20-16(21)7-6-8-17(20)22/h6-10,13,23H,4-5,11-12H2,1-3H3,(H,24,26). The summed E-state index contributed by atoms with van der Waals surface area (Å²) in [6, 6.07) is 9.54. The number of nitrogens with one attached hydrogen (secondary N) is 2. The molecule has 0 aliphatic heterocycles. The van der Waals surface area contributed by atoms with Gasteiger partial charge >= 0.3 is 0 Å². The minimum atomic E-state index is -0.673. The van der Waals surface area contributed by atoms with E-state index in [1.54, 1.807) is 0 Å². The van der Waals surface area contributed by atoms with Gasteiger partial charge in [-0.15, -0.1) is 0 Å². The van der Waals surface area contributed by atoms with Crippen molar-refractivity contribution in [2.75, 3.05) is 35.2 Å². The third-order valence-electron chi connectivity index (χ3n) is 4.23. The summed E-state index contributed by atoms with van der Waals surface area (Å²) in [7, 11) is 0. The van der Waals surface area contributed by atoms with Gasteiger partial charge in [0.25, 0.3) is 0 Å². The lowest BCUT2D eigenvalue weighted by molar-refractivity contribution is -0.115. The molecule has 0 unspecified atom stereocenters. The van der Waals surface area contributed by atoms with Gasteiger partial charge in [0.2, 0.25) is 5.91 Å². The number of aryl methyl sites for hydroxylation is 1. The van der Waals surface area contributed by atoms with Crippen LogP contribution in [0.3, 0.4) is 0 Å². The van der Waals surface area contributed by atoms with E-state index in [9.17, 15) is 13.6 Å². The topological polar surface area (TPSA) is 44.4 Å². The lowest BCUT2D eigenvalue weighted by atomic mass is 10.1. The van der Waals surface area contributed by atoms with Gasteiger partial charge in [-0.25, -0.2) is 8.78 Å². The van der Waals surface area contributed by atoms with Crippen LogP contribution in [0, 0.1) is 18.6 Å². The Hall–Kier alpha value is -2.63. The molecule has 0 spiro atoms. The van der Waals surface area contributed by atoms with Crippen LogP contribution >= 0.6 is 0 Å². The van der Waals surface area contributed by atoms with E-state index in [4.69, 9.17) is 0 Å². The maximum absolute atomic E-state index is 13.5. The Morgan fingerprint density at radius 3 is 2.31 bits per heavy atom. The normalized spacial score (nSPS) is 10.5. The minimum Gasteiger partial charge on any atom is -0.380 e. The van der Waals surface area contributed by atoms with E-state index in [-0.39, 0.29) is 24.6 Å². The molecule has 26 heavy (non-hydrogen) atoms. The number of halogens is 2. The van der Waals surface area contributed by atoms with Gasteiger partial charge in [-0.2, -0.15) is 0 Å². The quantitative estimate of drug-likeness (QED) is 0.724. The first-order chi connectivity index (χ1) is 12.5. The van der Waals surface area contributed by atoms with Gasteiger partial charge in [-0.3, -0.25) is 4.79 Å². The number of carbonyl (C=O) groups excluding carboxylic acids is 1. The van der Waals surface area contributed by atoms with Crippen molar-refractivity contribution in [3.63, 3.8) is 0 Å². The Morgan fingerprint density at radius 2 is 1.73 bits per heavy atom. The Bertz CT molecular complexity index is 740. The highest BCUT2D eigenvalue weighted by Gasteiger charge is 2.10. The van der Waals surface area contributed by atoms with E-state index in [1.807, 2.05) is 25.1 Å². The molecule has 0 aliphatic rings. The van der Waals surface area contributed by atoms with E-state index in [1.165, 1.54) is 18.2 Å². The molecule has 0 aliphatic carbocycles. The van der Waals surface area contributed by atoms with Crippen molar-refractivity contribution in [1.82, 2.24) is 0 Å². The molecule has 0 saturated heterocycles. The fourth-order valence-corrected chi connectivity index (χ4v) is 2.75. The van der Waals surface area contributed by atoms with Crippen molar-refractivity contribution >= 4 is 23.0 Å². The molecule has 2 rings (SSSR count). The molecular weight excluding hydrogens is 336 g/mol. The van der Waals surface area contributed by atoms with Gasteiger partial charge in [-0.05, 0) is 56.7 Å². The third-order valence-corrected chi connectivity index (χ3v) is 4.23. The molecule has 0 atom stereocenters. The first-order valence-electron chi connectivity index (χ1n) is 8.79. The van der Waals surface area contributed by atoms with E-state index in [2.05, 4.69) is 29.4 Å². The molecular formula is C20H25F2N3O. The highest BCUT2D eigenvalue weighted by molar-refractivity contribution is 5.92. The van der Waals surface area contributed by atoms with Crippen LogP contribution in [-0.2, 0) is 4.79 Å². The number of anilines is 3. The zero-order valence-electron chi connectivity index (χ0n) is 15.4. The summed E-state index contributed by atoms with van der Waals surface area (Å²) in [5, 5.41) is 5.48. The molecule has 0 aromatic heterocycles. The van der Waals surface area contributed by atoms with Crippen molar-refractivity contribution in [1.29, 1.82) is 0 Å². The van der Waals surface area contributed by atoms with Crippen LogP contribution in [0.5, 0.6) is 0 Å². The summed E-state index contributed by atoms with van der Waals surface area (Å²) in [6.45, 7) is 8.11. The first-order valence-corrected chi connectivity index (χ1v) is 8.79. The molecule has 2 aromatic rings. The molecule has 0 fully saturated rings. The van der Waals surface area contributed by atoms with E-state index in [0.29, 0.717) is 0 Å². The fraction of sp³-hybridized carbons (Fsp3) is 0.350. The smallest absolute Gasteiger partial charge is 0.226 e. The molecule has 2 aromatic carbocycles. The van der Waals surface area contributed by atoms with Crippen molar-refractivity contribution in [2.24, 2.45) is 0 Å². The highest BCUT2D eigenvalue weighted by atomic mass is 19.1. The number of hydrogen-bond acceptors (Lipinski definition) is 3. The number of rotatable bonds is 8. The van der Waals surface area contributed by atoms with Crippen LogP contribution in [0.1, 0.15) is 25.8 Å². The zero-order chi connectivity index (χ0) is 19.1. The number of para-hydroxylation sites is 1. The summed E-state index contributed by atoms with van der Waals surface area (Å²) in [6.07, 6.45) is 0.102. The average Bonchev–Trinajstić information content (AvgIpc) is 2.61. The highest BCUT2D eigenvalue weighted by Crippen LogP contribution is 2.23. The Balaban J connectivity index is 1.91. The van der Waals surface area contributed by atoms with Crippen LogP contribution in [0.2, 0.25) is 0 Å². The van der Waals surface area contributed by atoms with Gasteiger partial charge in [-0.1, -0.05) is 6.07 Å². The van der Waals surface area contributed by atoms with Crippen molar-refractivity contribution in [3.8, 4) is 0 Å². The van der Waals surface area contributed by atoms with Crippen LogP contribution in [0.15, 0.2) is 36.4 Å². The van der Waals surface area contributed by atoms with Crippen molar-refractivity contribution in [3.05, 3.63) is 53.6 Å². The Labute approximate surface area is 153 Å². The lowest BCUT2D eigenvalue weighted by Gasteiger charge is -2.22. The second-order valence-electron chi connectivity index (χ2n) is 5.99. The summed E-state index contributed by atoms with van der Waals surface area (Å²) >= 11 is 0. The number of carbonyl (C=O) groups is 1. The second-order valence-corrected chi connectivity index (χ2v) is 5.99. The van der Waals surface area contributed by atoms with Crippen LogP contribution < -0.4 is 15.5 Å². The largest absolute Gasteiger partial charge is 0.380 e. The zero-order valence-corrected chi connectivity index (χ0v) is 15.4. The molecule has 2 N–H and O–H groups in total. The molecule has 4 nitrogen and oxygen atoms in total. The van der Waals surface area contributed by atoms with Crippen molar-refractivity contribution < 1.29 is 13.6 Å². The maximum Gasteiger partial charge on any atom is 0.226 e. The number of amides is 1. The monoisotopic (exact) mass is 361 g/mol. The van der Waals surface area contributed by atoms with Crippen LogP contribution in [0.25, 0.3) is 0 Å². The molecule has 0 heterocycles. The van der Waals surface area contributed by atoms with Crippen molar-refractivity contribution in [2.45, 2.75) is 27.2 Å². The lowest BCUT2D eigenvalue weighted by Crippen LogP contribution is -2.22. The Morgan fingerprint density at radius 1 is 1.08 bits per heavy atom. The molecule has 1 amide bonds. The van der Waals surface area contributed by atoms with E-state index < -0.39 is 11.6 Å². The number of benzene rings is 2. The molecule has 140 valence electrons. The van der Waals surface area contributed by atoms with Crippen LogP contribution in [-0.4, -0.2) is 25.5 Å². The van der Waals surface area contributed by atoms with Gasteiger partial charge in [0.1, 0.15) is 17.3 Å². The number of nitrogens with zero attached hydrogens (tertiary/aromatic N) is 1. The number of hydrogen-bond donors (Lipinski definition) is 2. The molecule has 6 heteroatoms. The average molecular weight is 361 g/mol. The summed E-state index contributed by atoms with van der Waals surface area (Å²) in [5.41, 5.74) is 2.61. The van der Waals surface area contributed by atoms with Gasteiger partial charge in [0.05, 0.1) is 0 Å². The van der Waals surface area contributed by atoms with E-state index in [0.717, 1.165) is 30.0 Å². The summed E-state index contributed by atoms with van der Waals surface area (Å²) in [4.78, 5) is 14.3. The van der Waals surface area contributed by atoms with Gasteiger partial charge < -0.3 is 15.5 Å². The summed E-state index contributed by atoms with van der Waals surface area (Å²) in [5.74, 6) is -1.56. The maximum atomic E-state index is 13.5. The molecule has 0 saturated carbocycles. The van der Waals surface area contributed by atoms with Gasteiger partial charge in [0.15, 0.2) is 0 Å². The molecule has 0 radical (unpaired) electrons. The van der Waals surface area contributed by atoms with Crippen LogP contribution in [0.4, 0.5) is 25.8 Å². The predicted molar refractivity (Wildman–Crippen MR) is 103 cm³/mol. The summed E-state index contributed by atoms with van der Waals surface area (Å²) < 4.78 is 27.1. The van der Waals surface area contributed by atoms with Gasteiger partial charge in [0, 0.05) is 37.4 Å². The third kappa shape index (κ3) is 4.94. The fourth-order valence-electron chi connectivity index (χ4n) is 2.75. The predicted octanol–water partition coefficient (Wildman–Crippen LogP) is 4.56. The van der Waals surface area contributed by atoms with E-state index >= 15 is 0 Å².